The van der Waals surface area contributed by atoms with Crippen molar-refractivity contribution < 1.29 is 9.18 Å². The molecule has 0 fully saturated rings. The quantitative estimate of drug-likeness (QED) is 0.335. The van der Waals surface area contributed by atoms with Gasteiger partial charge in [0.25, 0.3) is 5.91 Å². The molecule has 7 nitrogen and oxygen atoms in total. The van der Waals surface area contributed by atoms with Crippen LogP contribution in [-0.2, 0) is 5.41 Å². The number of nitrogens with one attached hydrogen (secondary N) is 4. The molecule has 1 aromatic heterocycles. The Balaban J connectivity index is 1.60. The van der Waals surface area contributed by atoms with Crippen LogP contribution in [0.15, 0.2) is 42.6 Å². The Morgan fingerprint density at radius 2 is 2.11 bits per heavy atom. The Morgan fingerprint density at radius 3 is 2.91 bits per heavy atom. The Bertz CT molecular complexity index is 1300. The summed E-state index contributed by atoms with van der Waals surface area (Å²) < 4.78 is 14.7. The maximum atomic E-state index is 14.7. The first kappa shape index (κ1) is 24.3. The summed E-state index contributed by atoms with van der Waals surface area (Å²) in [6, 6.07) is 10.3. The van der Waals surface area contributed by atoms with Gasteiger partial charge in [-0.25, -0.2) is 9.37 Å². The van der Waals surface area contributed by atoms with Gasteiger partial charge >= 0.3 is 0 Å². The van der Waals surface area contributed by atoms with Crippen molar-refractivity contribution >= 4 is 46.3 Å². The van der Waals surface area contributed by atoms with E-state index in [1.807, 2.05) is 12.1 Å². The van der Waals surface area contributed by atoms with Gasteiger partial charge in [-0.1, -0.05) is 43.5 Å². The lowest BCUT2D eigenvalue weighted by atomic mass is 9.80. The lowest BCUT2D eigenvalue weighted by Crippen LogP contribution is -2.24. The molecular weight excluding hydrogens is 467 g/mol. The maximum absolute atomic E-state index is 14.7. The smallest absolute Gasteiger partial charge is 0.254 e. The van der Waals surface area contributed by atoms with Crippen molar-refractivity contribution in [2.75, 3.05) is 29.0 Å². The Morgan fingerprint density at radius 1 is 1.29 bits per heavy atom. The summed E-state index contributed by atoms with van der Waals surface area (Å²) in [6.45, 7) is 5.42. The number of benzene rings is 2. The molecule has 4 rings (SSSR count). The lowest BCUT2D eigenvalue weighted by Gasteiger charge is -2.25. The fraction of sp³-hybridized carbons (Fsp3) is 0.269. The minimum Gasteiger partial charge on any atom is -0.385 e. The molecule has 180 valence electrons. The van der Waals surface area contributed by atoms with Crippen molar-refractivity contribution in [3.63, 3.8) is 0 Å². The number of hydrogen-bond donors (Lipinski definition) is 4. The second-order valence-electron chi connectivity index (χ2n) is 8.86. The van der Waals surface area contributed by atoms with E-state index in [0.29, 0.717) is 0 Å². The predicted molar refractivity (Wildman–Crippen MR) is 138 cm³/mol. The topological polar surface area (TPSA) is 91.0 Å². The average molecular weight is 493 g/mol. The molecule has 0 radical (unpaired) electrons. The number of halogens is 2. The van der Waals surface area contributed by atoms with Crippen LogP contribution in [-0.4, -0.2) is 29.0 Å². The van der Waals surface area contributed by atoms with E-state index in [-0.39, 0.29) is 40.0 Å². The molecule has 1 aliphatic heterocycles. The molecule has 0 aliphatic carbocycles. The number of terminal acetylenes is 1. The fourth-order valence-corrected chi connectivity index (χ4v) is 4.21. The van der Waals surface area contributed by atoms with Gasteiger partial charge in [0, 0.05) is 17.9 Å². The molecule has 3 aromatic rings. The Kier molecular flexibility index (Phi) is 7.08. The van der Waals surface area contributed by atoms with Gasteiger partial charge in [-0.3, -0.25) is 4.79 Å². The first-order valence-corrected chi connectivity index (χ1v) is 11.6. The number of hydrogen-bond acceptors (Lipinski definition) is 6. The van der Waals surface area contributed by atoms with E-state index in [4.69, 9.17) is 18.0 Å². The number of anilines is 5. The number of carbonyl (C=O) groups is 1. The SMILES string of the molecule is C#CCNC(=O)c1cccc(F)c1Nc1nc(Nc2ccc3c(c2)NCCCC3(C)C)ncc1Cl. The van der Waals surface area contributed by atoms with Gasteiger partial charge in [0.2, 0.25) is 5.95 Å². The van der Waals surface area contributed by atoms with E-state index >= 15 is 0 Å². The van der Waals surface area contributed by atoms with Crippen molar-refractivity contribution in [1.29, 1.82) is 0 Å². The largest absolute Gasteiger partial charge is 0.385 e. The number of nitrogens with zero attached hydrogens (tertiary/aromatic N) is 2. The highest BCUT2D eigenvalue weighted by molar-refractivity contribution is 6.33. The Hall–Kier alpha value is -3.83. The van der Waals surface area contributed by atoms with Crippen LogP contribution in [0.4, 0.5) is 33.2 Å². The van der Waals surface area contributed by atoms with E-state index in [0.717, 1.165) is 30.8 Å². The Labute approximate surface area is 208 Å². The molecule has 2 heterocycles. The molecule has 2 aromatic carbocycles. The third kappa shape index (κ3) is 5.47. The van der Waals surface area contributed by atoms with Gasteiger partial charge in [-0.05, 0) is 48.1 Å². The third-order valence-electron chi connectivity index (χ3n) is 5.90. The number of aromatic nitrogens is 2. The van der Waals surface area contributed by atoms with E-state index in [2.05, 4.69) is 57.1 Å². The van der Waals surface area contributed by atoms with Gasteiger partial charge in [0.05, 0.1) is 24.0 Å². The second kappa shape index (κ2) is 10.2. The van der Waals surface area contributed by atoms with E-state index < -0.39 is 11.7 Å². The van der Waals surface area contributed by atoms with E-state index in [9.17, 15) is 9.18 Å². The zero-order chi connectivity index (χ0) is 25.0. The molecule has 0 saturated heterocycles. The van der Waals surface area contributed by atoms with Crippen LogP contribution in [0.5, 0.6) is 0 Å². The normalized spacial score (nSPS) is 14.0. The summed E-state index contributed by atoms with van der Waals surface area (Å²) in [5.74, 6) is 1.57. The number of para-hydroxylation sites is 1. The van der Waals surface area contributed by atoms with Gasteiger partial charge < -0.3 is 21.3 Å². The highest BCUT2D eigenvalue weighted by atomic mass is 35.5. The standard InChI is InChI=1S/C26H26ClFN6O/c1-4-12-30-24(35)17-7-5-8-20(28)22(17)33-23-19(27)15-31-25(34-23)32-16-9-10-18-21(14-16)29-13-6-11-26(18,2)3/h1,5,7-10,14-15,29H,6,11-13H2,2-3H3,(H,30,35)(H2,31,32,33,34). The van der Waals surface area contributed by atoms with Crippen LogP contribution in [0.1, 0.15) is 42.6 Å². The molecular formula is C26H26ClFN6O. The highest BCUT2D eigenvalue weighted by Gasteiger charge is 2.26. The van der Waals surface area contributed by atoms with Crippen molar-refractivity contribution in [1.82, 2.24) is 15.3 Å². The molecule has 0 spiro atoms. The minimum absolute atomic E-state index is 0.0178. The summed E-state index contributed by atoms with van der Waals surface area (Å²) in [6.07, 6.45) is 8.81. The predicted octanol–water partition coefficient (Wildman–Crippen LogP) is 5.60. The molecule has 0 atom stereocenters. The van der Waals surface area contributed by atoms with Crippen molar-refractivity contribution in [3.8, 4) is 12.3 Å². The maximum Gasteiger partial charge on any atom is 0.254 e. The van der Waals surface area contributed by atoms with Crippen LogP contribution >= 0.6 is 11.6 Å². The summed E-state index contributed by atoms with van der Waals surface area (Å²) in [7, 11) is 0. The minimum atomic E-state index is -0.637. The molecule has 1 aliphatic rings. The van der Waals surface area contributed by atoms with E-state index in [1.165, 1.54) is 30.0 Å². The monoisotopic (exact) mass is 492 g/mol. The molecule has 0 saturated carbocycles. The average Bonchev–Trinajstić information content (AvgIpc) is 2.98. The molecule has 0 bridgehead atoms. The second-order valence-corrected chi connectivity index (χ2v) is 9.27. The summed E-state index contributed by atoms with van der Waals surface area (Å²) in [5.41, 5.74) is 3.21. The van der Waals surface area contributed by atoms with Crippen molar-refractivity contribution in [3.05, 3.63) is 64.6 Å². The van der Waals surface area contributed by atoms with Gasteiger partial charge in [0.1, 0.15) is 10.8 Å². The van der Waals surface area contributed by atoms with Gasteiger partial charge in [-0.2, -0.15) is 4.98 Å². The van der Waals surface area contributed by atoms with Crippen molar-refractivity contribution in [2.24, 2.45) is 0 Å². The van der Waals surface area contributed by atoms with Crippen LogP contribution in [0.3, 0.4) is 0 Å². The first-order valence-electron chi connectivity index (χ1n) is 11.2. The molecule has 4 N–H and O–H groups in total. The fourth-order valence-electron chi connectivity index (χ4n) is 4.08. The zero-order valence-electron chi connectivity index (χ0n) is 19.5. The molecule has 9 heteroatoms. The summed E-state index contributed by atoms with van der Waals surface area (Å²) in [4.78, 5) is 21.1. The molecule has 0 unspecified atom stereocenters. The molecule has 35 heavy (non-hydrogen) atoms. The highest BCUT2D eigenvalue weighted by Crippen LogP contribution is 2.38. The first-order chi connectivity index (χ1) is 16.8. The van der Waals surface area contributed by atoms with Crippen LogP contribution in [0.25, 0.3) is 0 Å². The van der Waals surface area contributed by atoms with Crippen LogP contribution < -0.4 is 21.3 Å². The van der Waals surface area contributed by atoms with E-state index in [1.54, 1.807) is 0 Å². The summed E-state index contributed by atoms with van der Waals surface area (Å²) >= 11 is 6.29. The van der Waals surface area contributed by atoms with Gasteiger partial charge in [0.15, 0.2) is 5.82 Å². The zero-order valence-corrected chi connectivity index (χ0v) is 20.3. The summed E-state index contributed by atoms with van der Waals surface area (Å²) in [5, 5.41) is 12.2. The van der Waals surface area contributed by atoms with Crippen LogP contribution in [0, 0.1) is 18.2 Å². The number of rotatable bonds is 6. The number of amides is 1. The molecule has 1 amide bonds. The van der Waals surface area contributed by atoms with Gasteiger partial charge in [-0.15, -0.1) is 6.42 Å². The third-order valence-corrected chi connectivity index (χ3v) is 6.17. The number of fused-ring (bicyclic) bond motifs is 1. The van der Waals surface area contributed by atoms with Crippen molar-refractivity contribution in [2.45, 2.75) is 32.1 Å². The van der Waals surface area contributed by atoms with Crippen LogP contribution in [0.2, 0.25) is 5.02 Å². The lowest BCUT2D eigenvalue weighted by molar-refractivity contribution is 0.0959. The number of carbonyl (C=O) groups excluding carboxylic acids is 1.